The van der Waals surface area contributed by atoms with Crippen molar-refractivity contribution in [2.45, 2.75) is 45.4 Å². The Kier molecular flexibility index (Phi) is 6.36. The fourth-order valence-corrected chi connectivity index (χ4v) is 3.95. The van der Waals surface area contributed by atoms with Gasteiger partial charge in [0.1, 0.15) is 11.4 Å². The van der Waals surface area contributed by atoms with E-state index in [9.17, 15) is 18.3 Å². The molecule has 0 atom stereocenters. The third-order valence-corrected chi connectivity index (χ3v) is 5.78. The van der Waals surface area contributed by atoms with E-state index in [-0.39, 0.29) is 17.1 Å². The first-order valence-corrected chi connectivity index (χ1v) is 11.3. The molecule has 1 heterocycles. The average molecular weight is 465 g/mol. The third kappa shape index (κ3) is 4.92. The summed E-state index contributed by atoms with van der Waals surface area (Å²) in [5.74, 6) is 0.127. The molecule has 176 valence electrons. The van der Waals surface area contributed by atoms with Gasteiger partial charge < -0.3 is 5.11 Å². The summed E-state index contributed by atoms with van der Waals surface area (Å²) in [5.41, 5.74) is 2.18. The van der Waals surface area contributed by atoms with Crippen LogP contribution in [0.25, 0.3) is 28.2 Å². The molecule has 1 aromatic heterocycles. The Morgan fingerprint density at radius 3 is 2.00 bits per heavy atom. The number of benzene rings is 3. The van der Waals surface area contributed by atoms with Crippen molar-refractivity contribution in [1.29, 1.82) is 0 Å². The van der Waals surface area contributed by atoms with E-state index in [2.05, 4.69) is 36.2 Å². The lowest BCUT2D eigenvalue weighted by Crippen LogP contribution is -2.15. The number of alkyl halides is 3. The number of nitrogens with zero attached hydrogens (tertiary/aromatic N) is 2. The monoisotopic (exact) mass is 464 g/mol. The average Bonchev–Trinajstić information content (AvgIpc) is 3.25. The molecule has 0 bridgehead atoms. The highest BCUT2D eigenvalue weighted by atomic mass is 19.4. The highest BCUT2D eigenvalue weighted by Gasteiger charge is 2.35. The van der Waals surface area contributed by atoms with Crippen LogP contribution >= 0.6 is 0 Å². The number of imidazole rings is 1. The maximum atomic E-state index is 13.7. The normalized spacial score (nSPS) is 12.2. The van der Waals surface area contributed by atoms with Crippen LogP contribution < -0.4 is 0 Å². The molecule has 1 N–H and O–H groups in total. The van der Waals surface area contributed by atoms with Crippen LogP contribution in [-0.2, 0) is 18.2 Å². The molecule has 4 rings (SSSR count). The Hall–Kier alpha value is -3.38. The van der Waals surface area contributed by atoms with Gasteiger partial charge in [0.2, 0.25) is 0 Å². The lowest BCUT2D eigenvalue weighted by molar-refractivity contribution is -0.137. The number of aryl methyl sites for hydroxylation is 1. The van der Waals surface area contributed by atoms with E-state index in [1.165, 1.54) is 17.7 Å². The summed E-state index contributed by atoms with van der Waals surface area (Å²) in [7, 11) is 0. The van der Waals surface area contributed by atoms with Crippen LogP contribution in [0.1, 0.15) is 44.0 Å². The molecular formula is C28H27F3N2O. The molecule has 3 aromatic carbocycles. The van der Waals surface area contributed by atoms with Crippen molar-refractivity contribution < 1.29 is 18.3 Å². The smallest absolute Gasteiger partial charge is 0.384 e. The van der Waals surface area contributed by atoms with Crippen LogP contribution in [0, 0.1) is 0 Å². The van der Waals surface area contributed by atoms with Crippen LogP contribution in [0.2, 0.25) is 0 Å². The van der Waals surface area contributed by atoms with Gasteiger partial charge in [0.05, 0.1) is 11.3 Å². The van der Waals surface area contributed by atoms with Gasteiger partial charge in [0.15, 0.2) is 0 Å². The third-order valence-electron chi connectivity index (χ3n) is 5.78. The zero-order valence-electron chi connectivity index (χ0n) is 19.4. The van der Waals surface area contributed by atoms with Gasteiger partial charge in [-0.15, -0.1) is 0 Å². The fraction of sp³-hybridized carbons (Fsp3) is 0.250. The molecule has 0 spiro atoms. The first kappa shape index (κ1) is 23.8. The minimum absolute atomic E-state index is 0.0407. The molecule has 0 fully saturated rings. The van der Waals surface area contributed by atoms with Crippen molar-refractivity contribution >= 4 is 0 Å². The van der Waals surface area contributed by atoms with Gasteiger partial charge in [-0.1, -0.05) is 67.9 Å². The van der Waals surface area contributed by atoms with Gasteiger partial charge in [-0.25, -0.2) is 4.98 Å². The van der Waals surface area contributed by atoms with Crippen molar-refractivity contribution in [3.05, 3.63) is 95.8 Å². The Morgan fingerprint density at radius 2 is 1.44 bits per heavy atom. The topological polar surface area (TPSA) is 38.0 Å². The maximum Gasteiger partial charge on any atom is 0.417 e. The molecule has 34 heavy (non-hydrogen) atoms. The van der Waals surface area contributed by atoms with Gasteiger partial charge in [-0.3, -0.25) is 4.57 Å². The van der Waals surface area contributed by atoms with E-state index in [0.29, 0.717) is 5.69 Å². The van der Waals surface area contributed by atoms with E-state index in [1.807, 2.05) is 24.3 Å². The molecule has 0 aliphatic carbocycles. The number of hydrogen-bond donors (Lipinski definition) is 1. The Labute approximate surface area is 197 Å². The van der Waals surface area contributed by atoms with Crippen molar-refractivity contribution in [1.82, 2.24) is 9.55 Å². The fourth-order valence-electron chi connectivity index (χ4n) is 3.95. The summed E-state index contributed by atoms with van der Waals surface area (Å²) in [4.78, 5) is 4.42. The molecule has 0 aliphatic heterocycles. The largest absolute Gasteiger partial charge is 0.417 e. The van der Waals surface area contributed by atoms with E-state index in [1.54, 1.807) is 30.7 Å². The standard InChI is InChI=1S/C28H27F3N2O/c1-4-7-19-10-12-20(13-11-19)21-14-16-22(17-15-21)33-18-25(27(2,3)34)32-26(33)23-8-5-6-9-24(23)28(29,30)31/h5-6,8-18,34H,4,7H2,1-3H3. The number of aliphatic hydroxyl groups is 1. The molecular weight excluding hydrogens is 437 g/mol. The summed E-state index contributed by atoms with van der Waals surface area (Å²) >= 11 is 0. The Morgan fingerprint density at radius 1 is 0.853 bits per heavy atom. The van der Waals surface area contributed by atoms with E-state index in [0.717, 1.165) is 30.0 Å². The quantitative estimate of drug-likeness (QED) is 0.323. The van der Waals surface area contributed by atoms with Crippen molar-refractivity contribution in [3.63, 3.8) is 0 Å². The zero-order valence-corrected chi connectivity index (χ0v) is 19.4. The molecule has 0 aliphatic rings. The number of aromatic nitrogens is 2. The van der Waals surface area contributed by atoms with Gasteiger partial charge >= 0.3 is 6.18 Å². The van der Waals surface area contributed by atoms with Gasteiger partial charge in [-0.05, 0) is 55.2 Å². The highest BCUT2D eigenvalue weighted by molar-refractivity contribution is 5.68. The van der Waals surface area contributed by atoms with Gasteiger partial charge in [0, 0.05) is 17.4 Å². The lowest BCUT2D eigenvalue weighted by Gasteiger charge is -2.14. The second-order valence-corrected chi connectivity index (χ2v) is 8.92. The van der Waals surface area contributed by atoms with Gasteiger partial charge in [-0.2, -0.15) is 13.2 Å². The van der Waals surface area contributed by atoms with Crippen LogP contribution in [0.15, 0.2) is 79.0 Å². The molecule has 3 nitrogen and oxygen atoms in total. The van der Waals surface area contributed by atoms with Crippen molar-refractivity contribution in [2.75, 3.05) is 0 Å². The molecule has 0 amide bonds. The van der Waals surface area contributed by atoms with E-state index >= 15 is 0 Å². The molecule has 0 saturated carbocycles. The van der Waals surface area contributed by atoms with Crippen LogP contribution in [0.4, 0.5) is 13.2 Å². The number of halogens is 3. The molecule has 4 aromatic rings. The minimum Gasteiger partial charge on any atom is -0.384 e. The molecule has 0 unspecified atom stereocenters. The van der Waals surface area contributed by atoms with Crippen molar-refractivity contribution in [2.24, 2.45) is 0 Å². The molecule has 0 radical (unpaired) electrons. The van der Waals surface area contributed by atoms with Crippen LogP contribution in [0.3, 0.4) is 0 Å². The second kappa shape index (κ2) is 9.11. The SMILES string of the molecule is CCCc1ccc(-c2ccc(-n3cc(C(C)(C)O)nc3-c3ccccc3C(F)(F)F)cc2)cc1. The molecule has 0 saturated heterocycles. The van der Waals surface area contributed by atoms with E-state index in [4.69, 9.17) is 0 Å². The van der Waals surface area contributed by atoms with Gasteiger partial charge in [0.25, 0.3) is 0 Å². The summed E-state index contributed by atoms with van der Waals surface area (Å²) in [6, 6.07) is 21.3. The lowest BCUT2D eigenvalue weighted by atomic mass is 10.0. The Bertz CT molecular complexity index is 1260. The maximum absolute atomic E-state index is 13.7. The predicted octanol–water partition coefficient (Wildman–Crippen LogP) is 7.41. The first-order chi connectivity index (χ1) is 16.1. The summed E-state index contributed by atoms with van der Waals surface area (Å²) in [6.07, 6.45) is -0.815. The van der Waals surface area contributed by atoms with Crippen molar-refractivity contribution in [3.8, 4) is 28.2 Å². The molecule has 6 heteroatoms. The Balaban J connectivity index is 1.79. The highest BCUT2D eigenvalue weighted by Crippen LogP contribution is 2.38. The zero-order chi connectivity index (χ0) is 24.5. The van der Waals surface area contributed by atoms with Crippen LogP contribution in [-0.4, -0.2) is 14.7 Å². The summed E-state index contributed by atoms with van der Waals surface area (Å²) < 4.78 is 42.8. The minimum atomic E-state index is -4.53. The van der Waals surface area contributed by atoms with E-state index < -0.39 is 17.3 Å². The second-order valence-electron chi connectivity index (χ2n) is 8.92. The summed E-state index contributed by atoms with van der Waals surface area (Å²) in [6.45, 7) is 5.27. The number of rotatable bonds is 6. The summed E-state index contributed by atoms with van der Waals surface area (Å²) in [5, 5.41) is 10.5. The predicted molar refractivity (Wildman–Crippen MR) is 129 cm³/mol. The van der Waals surface area contributed by atoms with Crippen LogP contribution in [0.5, 0.6) is 0 Å². The first-order valence-electron chi connectivity index (χ1n) is 11.3. The number of hydrogen-bond acceptors (Lipinski definition) is 2.